The molecule has 15 heavy (non-hydrogen) atoms. The molecular weight excluding hydrogens is 192 g/mol. The highest BCUT2D eigenvalue weighted by Crippen LogP contribution is 2.19. The van der Waals surface area contributed by atoms with E-state index in [2.05, 4.69) is 0 Å². The van der Waals surface area contributed by atoms with Gasteiger partial charge in [0.25, 0.3) is 0 Å². The standard InChI is InChI=1S/C12H16O3/c1-14-11(9-13)8-7-10-5-3-4-6-12(10)15-2/h3-6,9,11H,7-8H2,1-2H3. The van der Waals surface area contributed by atoms with E-state index < -0.39 is 0 Å². The molecule has 0 heterocycles. The van der Waals surface area contributed by atoms with E-state index >= 15 is 0 Å². The summed E-state index contributed by atoms with van der Waals surface area (Å²) in [5.41, 5.74) is 1.10. The first-order valence-electron chi connectivity index (χ1n) is 4.91. The normalized spacial score (nSPS) is 12.1. The minimum absolute atomic E-state index is 0.324. The minimum Gasteiger partial charge on any atom is -0.496 e. The molecule has 0 aliphatic heterocycles. The van der Waals surface area contributed by atoms with Crippen molar-refractivity contribution in [3.8, 4) is 5.75 Å². The first-order chi connectivity index (χ1) is 7.31. The fourth-order valence-electron chi connectivity index (χ4n) is 1.45. The minimum atomic E-state index is -0.324. The third-order valence-corrected chi connectivity index (χ3v) is 2.35. The summed E-state index contributed by atoms with van der Waals surface area (Å²) in [7, 11) is 3.19. The van der Waals surface area contributed by atoms with Gasteiger partial charge in [-0.1, -0.05) is 18.2 Å². The van der Waals surface area contributed by atoms with Crippen LogP contribution in [0.15, 0.2) is 24.3 Å². The molecule has 0 spiro atoms. The summed E-state index contributed by atoms with van der Waals surface area (Å²) in [5, 5.41) is 0. The van der Waals surface area contributed by atoms with Crippen LogP contribution in [0.1, 0.15) is 12.0 Å². The van der Waals surface area contributed by atoms with Crippen LogP contribution in [-0.2, 0) is 16.0 Å². The lowest BCUT2D eigenvalue weighted by Crippen LogP contribution is -2.13. The number of methoxy groups -OCH3 is 2. The third kappa shape index (κ3) is 3.36. The molecule has 0 fully saturated rings. The van der Waals surface area contributed by atoms with Gasteiger partial charge in [0, 0.05) is 7.11 Å². The molecule has 1 unspecified atom stereocenters. The van der Waals surface area contributed by atoms with Gasteiger partial charge >= 0.3 is 0 Å². The largest absolute Gasteiger partial charge is 0.496 e. The van der Waals surface area contributed by atoms with E-state index in [1.165, 1.54) is 0 Å². The molecule has 0 aliphatic carbocycles. The zero-order chi connectivity index (χ0) is 11.1. The van der Waals surface area contributed by atoms with Gasteiger partial charge in [0.05, 0.1) is 7.11 Å². The van der Waals surface area contributed by atoms with Gasteiger partial charge in [0.1, 0.15) is 18.1 Å². The molecule has 0 aliphatic rings. The predicted molar refractivity (Wildman–Crippen MR) is 58.2 cm³/mol. The molecule has 0 saturated heterocycles. The van der Waals surface area contributed by atoms with Gasteiger partial charge in [-0.3, -0.25) is 0 Å². The molecule has 1 aromatic carbocycles. The van der Waals surface area contributed by atoms with Crippen molar-refractivity contribution in [1.82, 2.24) is 0 Å². The second kappa shape index (κ2) is 6.19. The smallest absolute Gasteiger partial charge is 0.148 e. The molecule has 0 bridgehead atoms. The van der Waals surface area contributed by atoms with E-state index in [0.717, 1.165) is 24.0 Å². The SMILES string of the molecule is COc1ccccc1CCC(C=O)OC. The zero-order valence-electron chi connectivity index (χ0n) is 9.10. The van der Waals surface area contributed by atoms with E-state index in [9.17, 15) is 4.79 Å². The average molecular weight is 208 g/mol. The first-order valence-corrected chi connectivity index (χ1v) is 4.91. The number of carbonyl (C=O) groups excluding carboxylic acids is 1. The third-order valence-electron chi connectivity index (χ3n) is 2.35. The molecule has 0 radical (unpaired) electrons. The summed E-state index contributed by atoms with van der Waals surface area (Å²) in [5.74, 6) is 0.859. The van der Waals surface area contributed by atoms with Crippen molar-refractivity contribution in [2.45, 2.75) is 18.9 Å². The van der Waals surface area contributed by atoms with Crippen LogP contribution in [0.5, 0.6) is 5.75 Å². The summed E-state index contributed by atoms with van der Waals surface area (Å²) < 4.78 is 10.2. The van der Waals surface area contributed by atoms with Crippen LogP contribution >= 0.6 is 0 Å². The Hall–Kier alpha value is -1.35. The molecule has 0 saturated carbocycles. The van der Waals surface area contributed by atoms with Crippen LogP contribution in [0.4, 0.5) is 0 Å². The molecule has 82 valence electrons. The van der Waals surface area contributed by atoms with Gasteiger partial charge in [-0.05, 0) is 24.5 Å². The molecule has 1 aromatic rings. The Labute approximate surface area is 90.0 Å². The van der Waals surface area contributed by atoms with Crippen LogP contribution in [-0.4, -0.2) is 26.6 Å². The molecule has 1 rings (SSSR count). The predicted octanol–water partition coefficient (Wildman–Crippen LogP) is 1.84. The zero-order valence-corrected chi connectivity index (χ0v) is 9.10. The highest BCUT2D eigenvalue weighted by Gasteiger charge is 2.07. The summed E-state index contributed by atoms with van der Waals surface area (Å²) in [6.45, 7) is 0. The lowest BCUT2D eigenvalue weighted by Gasteiger charge is -2.10. The van der Waals surface area contributed by atoms with Crippen LogP contribution in [0, 0.1) is 0 Å². The topological polar surface area (TPSA) is 35.5 Å². The number of rotatable bonds is 6. The lowest BCUT2D eigenvalue weighted by molar-refractivity contribution is -0.116. The average Bonchev–Trinajstić information content (AvgIpc) is 2.31. The fourth-order valence-corrected chi connectivity index (χ4v) is 1.45. The Bertz CT molecular complexity index is 309. The molecule has 0 N–H and O–H groups in total. The van der Waals surface area contributed by atoms with Gasteiger partial charge in [-0.2, -0.15) is 0 Å². The number of carbonyl (C=O) groups is 1. The Morgan fingerprint density at radius 3 is 2.67 bits per heavy atom. The second-order valence-electron chi connectivity index (χ2n) is 3.26. The maximum atomic E-state index is 10.6. The van der Waals surface area contributed by atoms with E-state index in [1.54, 1.807) is 14.2 Å². The van der Waals surface area contributed by atoms with E-state index in [4.69, 9.17) is 9.47 Å². The number of aldehydes is 1. The van der Waals surface area contributed by atoms with Crippen LogP contribution in [0.2, 0.25) is 0 Å². The molecule has 1 atom stereocenters. The first kappa shape index (κ1) is 11.7. The van der Waals surface area contributed by atoms with Crippen molar-refractivity contribution in [2.24, 2.45) is 0 Å². The summed E-state index contributed by atoms with van der Waals surface area (Å²) >= 11 is 0. The van der Waals surface area contributed by atoms with Crippen molar-refractivity contribution >= 4 is 6.29 Å². The van der Waals surface area contributed by atoms with Gasteiger partial charge in [0.2, 0.25) is 0 Å². The van der Waals surface area contributed by atoms with Gasteiger partial charge < -0.3 is 14.3 Å². The number of hydrogen-bond acceptors (Lipinski definition) is 3. The quantitative estimate of drug-likeness (QED) is 0.669. The molecule has 0 aromatic heterocycles. The highest BCUT2D eigenvalue weighted by molar-refractivity contribution is 5.56. The van der Waals surface area contributed by atoms with Crippen LogP contribution in [0.25, 0.3) is 0 Å². The Morgan fingerprint density at radius 1 is 1.33 bits per heavy atom. The monoisotopic (exact) mass is 208 g/mol. The number of hydrogen-bond donors (Lipinski definition) is 0. The molecular formula is C12H16O3. The molecule has 3 nitrogen and oxygen atoms in total. The highest BCUT2D eigenvalue weighted by atomic mass is 16.5. The molecule has 3 heteroatoms. The van der Waals surface area contributed by atoms with E-state index in [0.29, 0.717) is 6.42 Å². The number of ether oxygens (including phenoxy) is 2. The van der Waals surface area contributed by atoms with Crippen molar-refractivity contribution in [3.63, 3.8) is 0 Å². The number of aryl methyl sites for hydroxylation is 1. The Balaban J connectivity index is 2.60. The summed E-state index contributed by atoms with van der Waals surface area (Å²) in [6.07, 6.45) is 1.96. The van der Waals surface area contributed by atoms with Crippen LogP contribution < -0.4 is 4.74 Å². The fraction of sp³-hybridized carbons (Fsp3) is 0.417. The van der Waals surface area contributed by atoms with Gasteiger partial charge in [-0.25, -0.2) is 0 Å². The molecule has 0 amide bonds. The van der Waals surface area contributed by atoms with Crippen molar-refractivity contribution in [1.29, 1.82) is 0 Å². The van der Waals surface area contributed by atoms with Crippen molar-refractivity contribution in [2.75, 3.05) is 14.2 Å². The number of benzene rings is 1. The number of para-hydroxylation sites is 1. The maximum absolute atomic E-state index is 10.6. The Kier molecular flexibility index (Phi) is 4.84. The van der Waals surface area contributed by atoms with Crippen LogP contribution in [0.3, 0.4) is 0 Å². The van der Waals surface area contributed by atoms with E-state index in [-0.39, 0.29) is 6.10 Å². The lowest BCUT2D eigenvalue weighted by atomic mass is 10.1. The van der Waals surface area contributed by atoms with Gasteiger partial charge in [0.15, 0.2) is 0 Å². The maximum Gasteiger partial charge on any atom is 0.148 e. The van der Waals surface area contributed by atoms with Crippen molar-refractivity contribution < 1.29 is 14.3 Å². The Morgan fingerprint density at radius 2 is 2.07 bits per heavy atom. The van der Waals surface area contributed by atoms with Gasteiger partial charge in [-0.15, -0.1) is 0 Å². The van der Waals surface area contributed by atoms with Crippen molar-refractivity contribution in [3.05, 3.63) is 29.8 Å². The second-order valence-corrected chi connectivity index (χ2v) is 3.26. The summed E-state index contributed by atoms with van der Waals surface area (Å²) in [6, 6.07) is 7.80. The summed E-state index contributed by atoms with van der Waals surface area (Å²) in [4.78, 5) is 10.6. The van der Waals surface area contributed by atoms with E-state index in [1.807, 2.05) is 24.3 Å².